The van der Waals surface area contributed by atoms with Crippen LogP contribution in [0.4, 0.5) is 0 Å². The van der Waals surface area contributed by atoms with E-state index in [1.807, 2.05) is 29.2 Å². The molecule has 0 bridgehead atoms. The van der Waals surface area contributed by atoms with Crippen LogP contribution in [-0.4, -0.2) is 86.3 Å². The minimum atomic E-state index is -0.832. The number of thiophene rings is 2. The summed E-state index contributed by atoms with van der Waals surface area (Å²) in [7, 11) is 4.73. The summed E-state index contributed by atoms with van der Waals surface area (Å²) in [5, 5.41) is 10.8. The molecule has 2 aliphatic heterocycles. The summed E-state index contributed by atoms with van der Waals surface area (Å²) >= 11 is 2.86. The normalized spacial score (nSPS) is 13.7. The number of carboxylic acids is 1. The second kappa shape index (κ2) is 14.9. The molecule has 2 amide bonds. The summed E-state index contributed by atoms with van der Waals surface area (Å²) in [6, 6.07) is 7.55. The first-order valence-electron chi connectivity index (χ1n) is 16.1. The number of unbranched alkanes of at least 4 members (excludes halogenated alkanes) is 2. The number of nitrogens with zero attached hydrogens (tertiary/aromatic N) is 2. The van der Waals surface area contributed by atoms with Crippen LogP contribution in [-0.2, 0) is 27.4 Å². The van der Waals surface area contributed by atoms with E-state index in [0.29, 0.717) is 79.7 Å². The molecule has 0 unspecified atom stereocenters. The molecule has 49 heavy (non-hydrogen) atoms. The number of amides is 2. The Labute approximate surface area is 291 Å². The fourth-order valence-electron chi connectivity index (χ4n) is 6.27. The predicted molar refractivity (Wildman–Crippen MR) is 185 cm³/mol. The van der Waals surface area contributed by atoms with E-state index in [2.05, 4.69) is 0 Å². The van der Waals surface area contributed by atoms with E-state index in [1.165, 1.54) is 22.7 Å². The summed E-state index contributed by atoms with van der Waals surface area (Å²) in [6.45, 7) is 2.29. The van der Waals surface area contributed by atoms with Gasteiger partial charge in [-0.1, -0.05) is 0 Å². The molecule has 6 rings (SSSR count). The molecule has 14 heteroatoms. The molecule has 1 N–H and O–H groups in total. The molecule has 0 aliphatic carbocycles. The number of carbonyl (C=O) groups is 4. The fourth-order valence-corrected chi connectivity index (χ4v) is 8.65. The van der Waals surface area contributed by atoms with Gasteiger partial charge in [0.05, 0.1) is 31.1 Å². The molecule has 0 atom stereocenters. The van der Waals surface area contributed by atoms with Crippen molar-refractivity contribution in [3.8, 4) is 23.0 Å². The number of ether oxygens (including phenoxy) is 5. The molecule has 0 fully saturated rings. The van der Waals surface area contributed by atoms with E-state index in [-0.39, 0.29) is 43.8 Å². The largest absolute Gasteiger partial charge is 0.493 e. The van der Waals surface area contributed by atoms with Gasteiger partial charge in [-0.2, -0.15) is 0 Å². The van der Waals surface area contributed by atoms with Crippen molar-refractivity contribution < 1.29 is 48.0 Å². The number of rotatable bonds is 17. The summed E-state index contributed by atoms with van der Waals surface area (Å²) < 4.78 is 29.6. The van der Waals surface area contributed by atoms with Crippen molar-refractivity contribution in [2.45, 2.75) is 51.6 Å². The molecule has 0 radical (unpaired) electrons. The highest BCUT2D eigenvalue weighted by molar-refractivity contribution is 7.21. The van der Waals surface area contributed by atoms with E-state index < -0.39 is 5.97 Å². The van der Waals surface area contributed by atoms with Gasteiger partial charge in [-0.3, -0.25) is 19.2 Å². The van der Waals surface area contributed by atoms with Crippen LogP contribution in [0.2, 0.25) is 0 Å². The van der Waals surface area contributed by atoms with Crippen molar-refractivity contribution in [3.05, 3.63) is 45.1 Å². The van der Waals surface area contributed by atoms with Gasteiger partial charge >= 0.3 is 11.9 Å². The average Bonchev–Trinajstić information content (AvgIpc) is 3.81. The minimum absolute atomic E-state index is 0.00757. The smallest absolute Gasteiger partial charge is 0.305 e. The molecule has 12 nitrogen and oxygen atoms in total. The Bertz CT molecular complexity index is 1920. The maximum Gasteiger partial charge on any atom is 0.305 e. The second-order valence-electron chi connectivity index (χ2n) is 11.9. The molecule has 0 saturated carbocycles. The van der Waals surface area contributed by atoms with Gasteiger partial charge in [0.1, 0.15) is 13.2 Å². The third kappa shape index (κ3) is 7.11. The van der Waals surface area contributed by atoms with E-state index in [4.69, 9.17) is 28.8 Å². The Hall–Kier alpha value is -4.56. The Balaban J connectivity index is 0.932. The maximum absolute atomic E-state index is 13.1. The second-order valence-corrected chi connectivity index (χ2v) is 14.0. The quantitative estimate of drug-likeness (QED) is 0.101. The average molecular weight is 711 g/mol. The van der Waals surface area contributed by atoms with Crippen molar-refractivity contribution in [1.82, 2.24) is 9.80 Å². The number of fused-ring (bicyclic) bond motifs is 6. The van der Waals surface area contributed by atoms with Gasteiger partial charge in [0.25, 0.3) is 11.8 Å². The molecule has 2 aromatic carbocycles. The monoisotopic (exact) mass is 710 g/mol. The van der Waals surface area contributed by atoms with Gasteiger partial charge in [-0.15, -0.1) is 22.7 Å². The summed E-state index contributed by atoms with van der Waals surface area (Å²) in [6.07, 6.45) is 2.77. The number of methoxy groups -OCH3 is 3. The van der Waals surface area contributed by atoms with E-state index >= 15 is 0 Å². The zero-order valence-electron chi connectivity index (χ0n) is 27.6. The Morgan fingerprint density at radius 2 is 1.18 bits per heavy atom. The van der Waals surface area contributed by atoms with Gasteiger partial charge in [-0.05, 0) is 37.8 Å². The molecular weight excluding hydrogens is 673 g/mol. The lowest BCUT2D eigenvalue weighted by Gasteiger charge is -2.16. The van der Waals surface area contributed by atoms with Crippen LogP contribution in [0.25, 0.3) is 20.2 Å². The molecule has 4 aromatic rings. The SMILES string of the molecule is COc1cc2sc3c(c2cc1OC)CN(CCCCC(=O)OCCOc1cc2sc4c(c2cc1OC)CN(CCCCC(=O)O)C4=O)C3=O. The summed E-state index contributed by atoms with van der Waals surface area (Å²) in [4.78, 5) is 54.2. The Morgan fingerprint density at radius 3 is 1.71 bits per heavy atom. The first-order chi connectivity index (χ1) is 23.7. The summed E-state index contributed by atoms with van der Waals surface area (Å²) in [5.41, 5.74) is 1.95. The van der Waals surface area contributed by atoms with Gasteiger partial charge in [0.15, 0.2) is 23.0 Å². The third-order valence-corrected chi connectivity index (χ3v) is 11.1. The fraction of sp³-hybridized carbons (Fsp3) is 0.429. The molecule has 0 saturated heterocycles. The number of aliphatic carboxylic acids is 1. The van der Waals surface area contributed by atoms with Gasteiger partial charge in [-0.25, -0.2) is 0 Å². The van der Waals surface area contributed by atoms with Crippen molar-refractivity contribution in [2.24, 2.45) is 0 Å². The molecule has 2 aliphatic rings. The van der Waals surface area contributed by atoms with Crippen LogP contribution in [0, 0.1) is 0 Å². The minimum Gasteiger partial charge on any atom is -0.493 e. The van der Waals surface area contributed by atoms with Crippen molar-refractivity contribution >= 4 is 66.6 Å². The Kier molecular flexibility index (Phi) is 10.4. The molecule has 0 spiro atoms. The van der Waals surface area contributed by atoms with E-state index in [0.717, 1.165) is 36.2 Å². The number of carbonyl (C=O) groups excluding carboxylic acids is 3. The van der Waals surface area contributed by atoms with Crippen molar-refractivity contribution in [2.75, 3.05) is 47.6 Å². The molecule has 2 aromatic heterocycles. The van der Waals surface area contributed by atoms with E-state index in [9.17, 15) is 19.2 Å². The van der Waals surface area contributed by atoms with Gasteiger partial charge in [0.2, 0.25) is 0 Å². The first kappa shape index (κ1) is 34.3. The van der Waals surface area contributed by atoms with Crippen LogP contribution in [0.3, 0.4) is 0 Å². The van der Waals surface area contributed by atoms with Crippen LogP contribution in [0.5, 0.6) is 23.0 Å². The molecular formula is C35H38N2O10S2. The van der Waals surface area contributed by atoms with E-state index in [1.54, 1.807) is 26.2 Å². The number of hydrogen-bond donors (Lipinski definition) is 1. The number of carboxylic acid groups (broad SMARTS) is 1. The van der Waals surface area contributed by atoms with Crippen molar-refractivity contribution in [1.29, 1.82) is 0 Å². The highest BCUT2D eigenvalue weighted by Crippen LogP contribution is 2.44. The van der Waals surface area contributed by atoms with Crippen LogP contribution in [0.15, 0.2) is 24.3 Å². The maximum atomic E-state index is 13.1. The van der Waals surface area contributed by atoms with Crippen molar-refractivity contribution in [3.63, 3.8) is 0 Å². The Morgan fingerprint density at radius 1 is 0.694 bits per heavy atom. The standard InChI is InChI=1S/C35H38N2O10S2/c1-43-24-14-20-22-18-37(34(41)32(22)48-28(20)16-26(24)45-3)11-7-5-9-31(40)47-13-12-46-27-17-29-21(15-25(27)44-2)23-19-36(35(42)33(23)49-29)10-6-4-8-30(38)39/h14-17H,4-13,18-19H2,1-3H3,(H,38,39). The predicted octanol–water partition coefficient (Wildman–Crippen LogP) is 6.10. The lowest BCUT2D eigenvalue weighted by atomic mass is 10.1. The lowest BCUT2D eigenvalue weighted by Crippen LogP contribution is -2.25. The third-order valence-electron chi connectivity index (χ3n) is 8.77. The van der Waals surface area contributed by atoms with Gasteiger partial charge in [0, 0.05) is 82.5 Å². The van der Waals surface area contributed by atoms with Crippen LogP contribution >= 0.6 is 22.7 Å². The zero-order valence-corrected chi connectivity index (χ0v) is 29.3. The summed E-state index contributed by atoms with van der Waals surface area (Å²) in [5.74, 6) is 1.09. The zero-order chi connectivity index (χ0) is 34.7. The number of hydrogen-bond acceptors (Lipinski definition) is 11. The van der Waals surface area contributed by atoms with Gasteiger partial charge < -0.3 is 38.6 Å². The lowest BCUT2D eigenvalue weighted by molar-refractivity contribution is -0.144. The topological polar surface area (TPSA) is 141 Å². The molecule has 4 heterocycles. The van der Waals surface area contributed by atoms with Crippen LogP contribution < -0.4 is 18.9 Å². The molecule has 260 valence electrons. The highest BCUT2D eigenvalue weighted by atomic mass is 32.1. The van der Waals surface area contributed by atoms with Crippen LogP contribution in [0.1, 0.15) is 69.0 Å². The highest BCUT2D eigenvalue weighted by Gasteiger charge is 2.33. The first-order valence-corrected chi connectivity index (χ1v) is 17.7. The number of benzene rings is 2. The number of esters is 1.